The number of imide groups is 1. The first kappa shape index (κ1) is 22.7. The zero-order valence-corrected chi connectivity index (χ0v) is 20.0. The lowest BCUT2D eigenvalue weighted by Gasteiger charge is -2.16. The van der Waals surface area contributed by atoms with E-state index >= 15 is 0 Å². The van der Waals surface area contributed by atoms with E-state index in [0.717, 1.165) is 40.1 Å². The van der Waals surface area contributed by atoms with Crippen LogP contribution >= 0.6 is 11.8 Å². The Bertz CT molecular complexity index is 1690. The summed E-state index contributed by atoms with van der Waals surface area (Å²) in [7, 11) is 0. The lowest BCUT2D eigenvalue weighted by molar-refractivity contribution is -0.119. The summed E-state index contributed by atoms with van der Waals surface area (Å²) >= 11 is 1.09. The van der Waals surface area contributed by atoms with E-state index in [1.807, 2.05) is 36.4 Å². The molecule has 0 aliphatic heterocycles. The Kier molecular flexibility index (Phi) is 5.78. The highest BCUT2D eigenvalue weighted by Crippen LogP contribution is 2.32. The fourth-order valence-electron chi connectivity index (χ4n) is 4.38. The molecule has 2 aromatic heterocycles. The molecule has 3 amide bonds. The van der Waals surface area contributed by atoms with Gasteiger partial charge in [0, 0.05) is 28.4 Å². The number of benzene rings is 3. The van der Waals surface area contributed by atoms with Gasteiger partial charge in [-0.3, -0.25) is 19.5 Å². The van der Waals surface area contributed by atoms with E-state index in [2.05, 4.69) is 28.9 Å². The van der Waals surface area contributed by atoms with Gasteiger partial charge in [-0.1, -0.05) is 42.1 Å². The second kappa shape index (κ2) is 8.92. The molecule has 176 valence electrons. The van der Waals surface area contributed by atoms with Crippen LogP contribution < -0.4 is 16.6 Å². The standard InChI is InChI=1S/C26H23N5O3S/c1-3-30-21-11-7-5-8-17(21)19-14-16(12-13-22(19)30)31-24(33)18-9-4-6-10-20(18)28-26(31)35-15(2)23(32)29-25(27)34/h4-15H,3H2,1-2H3,(H3,27,29,32,34). The molecular weight excluding hydrogens is 462 g/mol. The topological polar surface area (TPSA) is 112 Å². The highest BCUT2D eigenvalue weighted by atomic mass is 32.2. The van der Waals surface area contributed by atoms with Crippen LogP contribution in [0.25, 0.3) is 38.4 Å². The van der Waals surface area contributed by atoms with Crippen LogP contribution in [-0.4, -0.2) is 31.3 Å². The summed E-state index contributed by atoms with van der Waals surface area (Å²) in [5, 5.41) is 4.31. The molecule has 0 aliphatic rings. The van der Waals surface area contributed by atoms with Gasteiger partial charge in [-0.2, -0.15) is 0 Å². The van der Waals surface area contributed by atoms with Crippen molar-refractivity contribution in [3.63, 3.8) is 0 Å². The number of aryl methyl sites for hydroxylation is 1. The summed E-state index contributed by atoms with van der Waals surface area (Å²) in [5.41, 5.74) is 8.23. The average molecular weight is 486 g/mol. The molecule has 35 heavy (non-hydrogen) atoms. The van der Waals surface area contributed by atoms with Crippen LogP contribution in [-0.2, 0) is 11.3 Å². The van der Waals surface area contributed by atoms with Gasteiger partial charge in [0.15, 0.2) is 5.16 Å². The maximum absolute atomic E-state index is 13.7. The Morgan fingerprint density at radius 3 is 2.43 bits per heavy atom. The first-order valence-corrected chi connectivity index (χ1v) is 12.1. The van der Waals surface area contributed by atoms with Crippen molar-refractivity contribution < 1.29 is 9.59 Å². The Hall–Kier alpha value is -4.11. The third-order valence-electron chi connectivity index (χ3n) is 5.97. The summed E-state index contributed by atoms with van der Waals surface area (Å²) in [5.74, 6) is -0.557. The van der Waals surface area contributed by atoms with Gasteiger partial charge in [0.2, 0.25) is 5.91 Å². The maximum atomic E-state index is 13.7. The minimum absolute atomic E-state index is 0.237. The van der Waals surface area contributed by atoms with Crippen LogP contribution in [0.2, 0.25) is 0 Å². The molecule has 1 atom stereocenters. The molecule has 9 heteroatoms. The average Bonchev–Trinajstić information content (AvgIpc) is 3.16. The normalized spacial score (nSPS) is 12.3. The Morgan fingerprint density at radius 2 is 1.69 bits per heavy atom. The van der Waals surface area contributed by atoms with Gasteiger partial charge in [-0.25, -0.2) is 9.78 Å². The zero-order valence-electron chi connectivity index (χ0n) is 19.2. The van der Waals surface area contributed by atoms with Crippen LogP contribution in [0.1, 0.15) is 13.8 Å². The summed E-state index contributed by atoms with van der Waals surface area (Å²) < 4.78 is 3.76. The van der Waals surface area contributed by atoms with Crippen molar-refractivity contribution in [1.82, 2.24) is 19.4 Å². The molecule has 0 saturated heterocycles. The minimum atomic E-state index is -0.927. The number of nitrogens with one attached hydrogen (secondary N) is 1. The van der Waals surface area contributed by atoms with Gasteiger partial charge in [0.25, 0.3) is 5.56 Å². The summed E-state index contributed by atoms with van der Waals surface area (Å²) in [6.45, 7) is 4.55. The number of hydrogen-bond donors (Lipinski definition) is 2. The van der Waals surface area contributed by atoms with Crippen molar-refractivity contribution in [3.8, 4) is 5.69 Å². The van der Waals surface area contributed by atoms with E-state index in [1.54, 1.807) is 25.1 Å². The highest BCUT2D eigenvalue weighted by Gasteiger charge is 2.22. The number of carbonyl (C=O) groups excluding carboxylic acids is 2. The quantitative estimate of drug-likeness (QED) is 0.286. The van der Waals surface area contributed by atoms with Crippen molar-refractivity contribution in [2.45, 2.75) is 30.8 Å². The van der Waals surface area contributed by atoms with Crippen molar-refractivity contribution >= 4 is 56.4 Å². The van der Waals surface area contributed by atoms with Crippen LogP contribution in [0.4, 0.5) is 4.79 Å². The summed E-state index contributed by atoms with van der Waals surface area (Å²) in [4.78, 5) is 41.9. The molecular formula is C26H23N5O3S. The molecule has 0 spiro atoms. The monoisotopic (exact) mass is 485 g/mol. The molecule has 3 N–H and O–H groups in total. The molecule has 0 saturated carbocycles. The number of fused-ring (bicyclic) bond motifs is 4. The van der Waals surface area contributed by atoms with Crippen molar-refractivity contribution in [2.75, 3.05) is 0 Å². The van der Waals surface area contributed by atoms with Crippen LogP contribution in [0.3, 0.4) is 0 Å². The molecule has 5 aromatic rings. The highest BCUT2D eigenvalue weighted by molar-refractivity contribution is 8.00. The van der Waals surface area contributed by atoms with Gasteiger partial charge in [0.05, 0.1) is 21.8 Å². The van der Waals surface area contributed by atoms with Crippen molar-refractivity contribution in [2.24, 2.45) is 5.73 Å². The molecule has 0 aliphatic carbocycles. The van der Waals surface area contributed by atoms with E-state index in [-0.39, 0.29) is 5.56 Å². The molecule has 0 bridgehead atoms. The van der Waals surface area contributed by atoms with Gasteiger partial charge in [-0.15, -0.1) is 0 Å². The molecule has 8 nitrogen and oxygen atoms in total. The van der Waals surface area contributed by atoms with E-state index in [1.165, 1.54) is 4.57 Å². The van der Waals surface area contributed by atoms with Crippen molar-refractivity contribution in [3.05, 3.63) is 77.1 Å². The number of thioether (sulfide) groups is 1. The van der Waals surface area contributed by atoms with E-state index in [9.17, 15) is 14.4 Å². The number of amides is 3. The van der Waals surface area contributed by atoms with E-state index in [0.29, 0.717) is 21.7 Å². The number of nitrogens with two attached hydrogens (primary N) is 1. The summed E-state index contributed by atoms with van der Waals surface area (Å²) in [6.07, 6.45) is 0. The third-order valence-corrected chi connectivity index (χ3v) is 7.03. The van der Waals surface area contributed by atoms with Crippen LogP contribution in [0.5, 0.6) is 0 Å². The fourth-order valence-corrected chi connectivity index (χ4v) is 5.30. The van der Waals surface area contributed by atoms with Crippen LogP contribution in [0, 0.1) is 0 Å². The first-order chi connectivity index (χ1) is 16.9. The number of hydrogen-bond acceptors (Lipinski definition) is 5. The fraction of sp³-hybridized carbons (Fsp3) is 0.154. The minimum Gasteiger partial charge on any atom is -0.351 e. The number of primary amides is 1. The summed E-state index contributed by atoms with van der Waals surface area (Å²) in [6, 6.07) is 20.2. The maximum Gasteiger partial charge on any atom is 0.318 e. The number of urea groups is 1. The number of nitrogens with zero attached hydrogens (tertiary/aromatic N) is 3. The second-order valence-electron chi connectivity index (χ2n) is 8.13. The Labute approximate surface area is 204 Å². The predicted molar refractivity (Wildman–Crippen MR) is 139 cm³/mol. The molecule has 1 unspecified atom stereocenters. The number of aromatic nitrogens is 3. The third kappa shape index (κ3) is 3.93. The SMILES string of the molecule is CCn1c2ccccc2c2cc(-n3c(SC(C)C(=O)NC(N)=O)nc4ccccc4c3=O)ccc21. The molecule has 0 radical (unpaired) electrons. The second-order valence-corrected chi connectivity index (χ2v) is 9.44. The Balaban J connectivity index is 1.73. The molecule has 2 heterocycles. The van der Waals surface area contributed by atoms with Gasteiger partial charge >= 0.3 is 6.03 Å². The van der Waals surface area contributed by atoms with Gasteiger partial charge < -0.3 is 10.3 Å². The lowest BCUT2D eigenvalue weighted by Crippen LogP contribution is -2.39. The van der Waals surface area contributed by atoms with Crippen LogP contribution in [0.15, 0.2) is 76.7 Å². The Morgan fingerprint density at radius 1 is 1.00 bits per heavy atom. The van der Waals surface area contributed by atoms with E-state index in [4.69, 9.17) is 10.7 Å². The van der Waals surface area contributed by atoms with E-state index < -0.39 is 17.2 Å². The zero-order chi connectivity index (χ0) is 24.7. The lowest BCUT2D eigenvalue weighted by atomic mass is 10.1. The molecule has 5 rings (SSSR count). The number of rotatable bonds is 5. The molecule has 0 fully saturated rings. The predicted octanol–water partition coefficient (Wildman–Crippen LogP) is 4.19. The van der Waals surface area contributed by atoms with Crippen molar-refractivity contribution in [1.29, 1.82) is 0 Å². The smallest absolute Gasteiger partial charge is 0.318 e. The number of carbonyl (C=O) groups is 2. The first-order valence-electron chi connectivity index (χ1n) is 11.2. The van der Waals surface area contributed by atoms with Gasteiger partial charge in [-0.05, 0) is 50.2 Å². The molecule has 3 aromatic carbocycles. The number of para-hydroxylation sites is 2. The van der Waals surface area contributed by atoms with Gasteiger partial charge in [0.1, 0.15) is 0 Å². The largest absolute Gasteiger partial charge is 0.351 e.